The smallest absolute Gasteiger partial charge is 0.271 e. The largest absolute Gasteiger partial charge is 0.394 e. The average Bonchev–Trinajstić information content (AvgIpc) is 3.44. The number of carbonyl (C=O) groups excluding carboxylic acids is 2. The summed E-state index contributed by atoms with van der Waals surface area (Å²) in [6, 6.07) is 6.82. The van der Waals surface area contributed by atoms with Crippen LogP contribution in [0.2, 0.25) is 5.02 Å². The van der Waals surface area contributed by atoms with Crippen LogP contribution in [0.4, 0.5) is 0 Å². The summed E-state index contributed by atoms with van der Waals surface area (Å²) in [6.45, 7) is 2.22. The van der Waals surface area contributed by atoms with Gasteiger partial charge in [0, 0.05) is 33.9 Å². The summed E-state index contributed by atoms with van der Waals surface area (Å²) in [7, 11) is 0. The first-order valence-electron chi connectivity index (χ1n) is 9.42. The number of hydrogen-bond acceptors (Lipinski definition) is 5. The van der Waals surface area contributed by atoms with E-state index in [0.717, 1.165) is 28.8 Å². The van der Waals surface area contributed by atoms with Gasteiger partial charge in [0.05, 0.1) is 12.6 Å². The van der Waals surface area contributed by atoms with Crippen LogP contribution in [0.5, 0.6) is 0 Å². The topological polar surface area (TPSA) is 98.3 Å². The zero-order chi connectivity index (χ0) is 20.5. The van der Waals surface area contributed by atoms with Crippen LogP contribution in [-0.4, -0.2) is 51.0 Å². The van der Waals surface area contributed by atoms with Crippen molar-refractivity contribution >= 4 is 45.7 Å². The van der Waals surface area contributed by atoms with Gasteiger partial charge in [0.1, 0.15) is 16.4 Å². The third-order valence-electron chi connectivity index (χ3n) is 5.02. The van der Waals surface area contributed by atoms with Gasteiger partial charge in [-0.1, -0.05) is 17.7 Å². The van der Waals surface area contributed by atoms with E-state index in [9.17, 15) is 9.59 Å². The van der Waals surface area contributed by atoms with Crippen LogP contribution in [-0.2, 0) is 0 Å². The summed E-state index contributed by atoms with van der Waals surface area (Å²) < 4.78 is 0. The quantitative estimate of drug-likeness (QED) is 0.575. The van der Waals surface area contributed by atoms with E-state index in [1.165, 1.54) is 11.3 Å². The maximum atomic E-state index is 13.1. The van der Waals surface area contributed by atoms with Crippen molar-refractivity contribution in [2.45, 2.75) is 31.8 Å². The Balaban J connectivity index is 1.54. The number of aromatic amines is 1. The van der Waals surface area contributed by atoms with Gasteiger partial charge in [0.15, 0.2) is 0 Å². The Bertz CT molecular complexity index is 1060. The van der Waals surface area contributed by atoms with Crippen LogP contribution < -0.4 is 5.32 Å². The second-order valence-electron chi connectivity index (χ2n) is 7.20. The molecule has 2 aromatic heterocycles. The number of benzene rings is 1. The van der Waals surface area contributed by atoms with Gasteiger partial charge in [0.25, 0.3) is 11.8 Å². The second-order valence-corrected chi connectivity index (χ2v) is 8.53. The molecule has 0 unspecified atom stereocenters. The van der Waals surface area contributed by atoms with Gasteiger partial charge in [-0.3, -0.25) is 9.59 Å². The summed E-state index contributed by atoms with van der Waals surface area (Å²) >= 11 is 7.41. The molecule has 0 radical (unpaired) electrons. The molecule has 1 aliphatic heterocycles. The molecule has 0 bridgehead atoms. The molecule has 0 spiro atoms. The number of carbonyl (C=O) groups is 2. The van der Waals surface area contributed by atoms with Crippen LogP contribution in [0.25, 0.3) is 10.9 Å². The number of hydrogen-bond donors (Lipinski definition) is 3. The molecule has 0 saturated carbocycles. The van der Waals surface area contributed by atoms with E-state index in [1.807, 2.05) is 17.0 Å². The maximum Gasteiger partial charge on any atom is 0.271 e. The zero-order valence-electron chi connectivity index (χ0n) is 15.8. The molecule has 3 N–H and O–H groups in total. The number of thiazole rings is 1. The highest BCUT2D eigenvalue weighted by Crippen LogP contribution is 2.35. The molecule has 9 heteroatoms. The summed E-state index contributed by atoms with van der Waals surface area (Å²) in [5.41, 5.74) is 1.65. The Hall–Kier alpha value is -2.42. The summed E-state index contributed by atoms with van der Waals surface area (Å²) in [5, 5.41) is 15.8. The van der Waals surface area contributed by atoms with Crippen LogP contribution in [0.3, 0.4) is 0 Å². The van der Waals surface area contributed by atoms with Crippen molar-refractivity contribution in [3.63, 3.8) is 0 Å². The predicted octanol–water partition coefficient (Wildman–Crippen LogP) is 3.37. The lowest BCUT2D eigenvalue weighted by molar-refractivity contribution is 0.0730. The van der Waals surface area contributed by atoms with E-state index in [4.69, 9.17) is 16.7 Å². The van der Waals surface area contributed by atoms with Crippen LogP contribution in [0.1, 0.15) is 51.8 Å². The Morgan fingerprint density at radius 3 is 3.07 bits per heavy atom. The Labute approximate surface area is 176 Å². The number of nitrogens with one attached hydrogen (secondary N) is 2. The normalized spacial score (nSPS) is 17.6. The number of aliphatic hydroxyl groups excluding tert-OH is 1. The van der Waals surface area contributed by atoms with Gasteiger partial charge in [-0.25, -0.2) is 4.98 Å². The first-order valence-corrected chi connectivity index (χ1v) is 10.7. The summed E-state index contributed by atoms with van der Waals surface area (Å²) in [5.74, 6) is -0.410. The SMILES string of the molecule is C[C@H](CO)NC(=O)c1csc([C@@H]2CCCN2C(=O)c2cc3ccc(Cl)cc3[nH]2)n1. The van der Waals surface area contributed by atoms with Crippen LogP contribution in [0.15, 0.2) is 29.6 Å². The minimum atomic E-state index is -0.340. The van der Waals surface area contributed by atoms with Crippen molar-refractivity contribution in [3.8, 4) is 0 Å². The van der Waals surface area contributed by atoms with Crippen LogP contribution in [0, 0.1) is 0 Å². The van der Waals surface area contributed by atoms with Gasteiger partial charge >= 0.3 is 0 Å². The number of rotatable bonds is 5. The third kappa shape index (κ3) is 4.01. The lowest BCUT2D eigenvalue weighted by atomic mass is 10.2. The van der Waals surface area contributed by atoms with Crippen molar-refractivity contribution in [3.05, 3.63) is 51.1 Å². The fourth-order valence-corrected chi connectivity index (χ4v) is 4.64. The molecule has 3 heterocycles. The highest BCUT2D eigenvalue weighted by Gasteiger charge is 2.33. The van der Waals surface area contributed by atoms with Gasteiger partial charge in [-0.05, 0) is 38.0 Å². The Morgan fingerprint density at radius 2 is 2.28 bits per heavy atom. The van der Waals surface area contributed by atoms with Crippen molar-refractivity contribution in [1.82, 2.24) is 20.2 Å². The molecule has 152 valence electrons. The molecule has 4 rings (SSSR count). The first-order chi connectivity index (χ1) is 14.0. The van der Waals surface area contributed by atoms with E-state index >= 15 is 0 Å². The maximum absolute atomic E-state index is 13.1. The summed E-state index contributed by atoms with van der Waals surface area (Å²) in [4.78, 5) is 34.8. The third-order valence-corrected chi connectivity index (χ3v) is 6.20. The van der Waals surface area contributed by atoms with E-state index in [0.29, 0.717) is 23.0 Å². The van der Waals surface area contributed by atoms with Gasteiger partial charge < -0.3 is 20.3 Å². The predicted molar refractivity (Wildman–Crippen MR) is 112 cm³/mol. The van der Waals surface area contributed by atoms with E-state index in [2.05, 4.69) is 15.3 Å². The second kappa shape index (κ2) is 8.14. The molecular formula is C20H21ClN4O3S. The number of halogens is 1. The fraction of sp³-hybridized carbons (Fsp3) is 0.350. The number of likely N-dealkylation sites (tertiary alicyclic amines) is 1. The number of aliphatic hydroxyl groups is 1. The highest BCUT2D eigenvalue weighted by molar-refractivity contribution is 7.09. The lowest BCUT2D eigenvalue weighted by Gasteiger charge is -2.22. The molecule has 2 amide bonds. The number of nitrogens with zero attached hydrogens (tertiary/aromatic N) is 2. The number of amides is 2. The van der Waals surface area contributed by atoms with Crippen molar-refractivity contribution in [1.29, 1.82) is 0 Å². The molecule has 3 aromatic rings. The van der Waals surface area contributed by atoms with Crippen molar-refractivity contribution in [2.75, 3.05) is 13.2 Å². The molecule has 1 saturated heterocycles. The molecule has 7 nitrogen and oxygen atoms in total. The molecule has 29 heavy (non-hydrogen) atoms. The standard InChI is InChI=1S/C20H21ClN4O3S/c1-11(9-26)22-18(27)16-10-29-19(24-16)17-3-2-6-25(17)20(28)15-7-12-4-5-13(21)8-14(12)23-15/h4-5,7-8,10-11,17,23,26H,2-3,6,9H2,1H3,(H,22,27)/t11-,17+/m1/s1. The van der Waals surface area contributed by atoms with Gasteiger partial charge in [0.2, 0.25) is 0 Å². The Morgan fingerprint density at radius 1 is 1.45 bits per heavy atom. The minimum absolute atomic E-state index is 0.0880. The molecule has 1 aromatic carbocycles. The number of fused-ring (bicyclic) bond motifs is 1. The lowest BCUT2D eigenvalue weighted by Crippen LogP contribution is -2.35. The molecule has 1 aliphatic rings. The summed E-state index contributed by atoms with van der Waals surface area (Å²) in [6.07, 6.45) is 1.69. The van der Waals surface area contributed by atoms with Crippen LogP contribution >= 0.6 is 22.9 Å². The molecular weight excluding hydrogens is 412 g/mol. The van der Waals surface area contributed by atoms with Gasteiger partial charge in [-0.15, -0.1) is 11.3 Å². The van der Waals surface area contributed by atoms with E-state index in [-0.39, 0.29) is 30.5 Å². The molecule has 2 atom stereocenters. The van der Waals surface area contributed by atoms with Crippen molar-refractivity contribution in [2.24, 2.45) is 0 Å². The fourth-order valence-electron chi connectivity index (χ4n) is 3.52. The minimum Gasteiger partial charge on any atom is -0.394 e. The van der Waals surface area contributed by atoms with E-state index in [1.54, 1.807) is 24.4 Å². The monoisotopic (exact) mass is 432 g/mol. The average molecular weight is 433 g/mol. The zero-order valence-corrected chi connectivity index (χ0v) is 17.4. The number of aromatic nitrogens is 2. The first kappa shape index (κ1) is 19.9. The Kier molecular flexibility index (Phi) is 5.58. The highest BCUT2D eigenvalue weighted by atomic mass is 35.5. The molecule has 1 fully saturated rings. The number of H-pyrrole nitrogens is 1. The molecule has 0 aliphatic carbocycles. The van der Waals surface area contributed by atoms with Gasteiger partial charge in [-0.2, -0.15) is 0 Å². The van der Waals surface area contributed by atoms with E-state index < -0.39 is 0 Å². The van der Waals surface area contributed by atoms with Crippen molar-refractivity contribution < 1.29 is 14.7 Å².